The van der Waals surface area contributed by atoms with E-state index in [0.29, 0.717) is 13.1 Å². The van der Waals surface area contributed by atoms with E-state index in [2.05, 4.69) is 16.9 Å². The third-order valence-corrected chi connectivity index (χ3v) is 5.54. The summed E-state index contributed by atoms with van der Waals surface area (Å²) in [4.78, 5) is 32.0. The number of likely N-dealkylation sites (tertiary alicyclic amines) is 2. The Hall–Kier alpha value is -1.66. The number of aromatic nitrogens is 1. The summed E-state index contributed by atoms with van der Waals surface area (Å²) < 4.78 is 0. The van der Waals surface area contributed by atoms with Crippen molar-refractivity contribution in [3.05, 3.63) is 28.5 Å². The average Bonchev–Trinajstić information content (AvgIpc) is 2.88. The fourth-order valence-electron chi connectivity index (χ4n) is 3.71. The predicted molar refractivity (Wildman–Crippen MR) is 87.5 cm³/mol. The highest BCUT2D eigenvalue weighted by molar-refractivity contribution is 6.33. The molecule has 23 heavy (non-hydrogen) atoms. The summed E-state index contributed by atoms with van der Waals surface area (Å²) >= 11 is 6.11. The molecular formula is C16H21ClN4O2. The number of carbonyl (C=O) groups is 2. The maximum absolute atomic E-state index is 12.6. The average molecular weight is 337 g/mol. The summed E-state index contributed by atoms with van der Waals surface area (Å²) in [6.45, 7) is 2.55. The number of hydrogen-bond acceptors (Lipinski definition) is 4. The molecule has 2 aliphatic rings. The van der Waals surface area contributed by atoms with E-state index in [0.717, 1.165) is 19.4 Å². The molecule has 2 aliphatic heterocycles. The number of hydrogen-bond donors (Lipinski definition) is 1. The first kappa shape index (κ1) is 16.2. The molecule has 0 unspecified atom stereocenters. The largest absolute Gasteiger partial charge is 0.366 e. The van der Waals surface area contributed by atoms with E-state index in [1.54, 1.807) is 4.90 Å². The second-order valence-electron chi connectivity index (χ2n) is 6.46. The van der Waals surface area contributed by atoms with Crippen LogP contribution in [0.15, 0.2) is 12.3 Å². The van der Waals surface area contributed by atoms with Crippen molar-refractivity contribution in [1.82, 2.24) is 14.8 Å². The molecule has 1 spiro atoms. The van der Waals surface area contributed by atoms with Gasteiger partial charge in [0.15, 0.2) is 0 Å². The summed E-state index contributed by atoms with van der Waals surface area (Å²) in [5.41, 5.74) is 5.84. The van der Waals surface area contributed by atoms with Crippen molar-refractivity contribution in [3.63, 3.8) is 0 Å². The molecule has 0 saturated carbocycles. The van der Waals surface area contributed by atoms with E-state index in [4.69, 9.17) is 17.3 Å². The first-order chi connectivity index (χ1) is 10.9. The molecule has 0 bridgehead atoms. The van der Waals surface area contributed by atoms with Gasteiger partial charge < -0.3 is 15.5 Å². The Morgan fingerprint density at radius 1 is 1.26 bits per heavy atom. The van der Waals surface area contributed by atoms with Crippen LogP contribution in [0.3, 0.4) is 0 Å². The molecule has 2 saturated heterocycles. The van der Waals surface area contributed by atoms with Crippen LogP contribution in [-0.2, 0) is 0 Å². The van der Waals surface area contributed by atoms with Crippen LogP contribution >= 0.6 is 11.6 Å². The fourth-order valence-corrected chi connectivity index (χ4v) is 3.96. The molecule has 2 N–H and O–H groups in total. The van der Waals surface area contributed by atoms with Crippen LogP contribution in [0.1, 0.15) is 46.5 Å². The van der Waals surface area contributed by atoms with E-state index in [1.165, 1.54) is 25.1 Å². The molecule has 0 aliphatic carbocycles. The lowest BCUT2D eigenvalue weighted by atomic mass is 9.85. The van der Waals surface area contributed by atoms with E-state index in [1.807, 2.05) is 0 Å². The van der Waals surface area contributed by atoms with Gasteiger partial charge in [0.2, 0.25) is 5.91 Å². The Morgan fingerprint density at radius 2 is 1.96 bits per heavy atom. The number of pyridine rings is 1. The van der Waals surface area contributed by atoms with Gasteiger partial charge in [0.05, 0.1) is 10.6 Å². The number of amides is 2. The summed E-state index contributed by atoms with van der Waals surface area (Å²) in [6.07, 6.45) is 5.69. The van der Waals surface area contributed by atoms with Crippen molar-refractivity contribution in [2.24, 2.45) is 5.73 Å². The Bertz CT molecular complexity index is 641. The highest BCUT2D eigenvalue weighted by Gasteiger charge is 2.42. The van der Waals surface area contributed by atoms with E-state index < -0.39 is 5.91 Å². The van der Waals surface area contributed by atoms with Crippen LogP contribution in [0.5, 0.6) is 0 Å². The minimum Gasteiger partial charge on any atom is -0.366 e. The van der Waals surface area contributed by atoms with Gasteiger partial charge in [-0.1, -0.05) is 11.6 Å². The number of rotatable bonds is 2. The third-order valence-electron chi connectivity index (χ3n) is 5.26. The van der Waals surface area contributed by atoms with Crippen molar-refractivity contribution in [1.29, 1.82) is 0 Å². The lowest BCUT2D eigenvalue weighted by Crippen LogP contribution is -2.52. The Labute approximate surface area is 140 Å². The first-order valence-corrected chi connectivity index (χ1v) is 8.27. The van der Waals surface area contributed by atoms with Gasteiger partial charge in [-0.15, -0.1) is 0 Å². The molecular weight excluding hydrogens is 316 g/mol. The van der Waals surface area contributed by atoms with E-state index in [-0.39, 0.29) is 27.7 Å². The minimum atomic E-state index is -0.609. The zero-order valence-corrected chi connectivity index (χ0v) is 14.0. The van der Waals surface area contributed by atoms with Crippen molar-refractivity contribution in [2.45, 2.75) is 31.2 Å². The third kappa shape index (κ3) is 2.93. The number of carbonyl (C=O) groups excluding carboxylic acids is 2. The molecule has 1 aromatic rings. The zero-order chi connectivity index (χ0) is 16.6. The van der Waals surface area contributed by atoms with Crippen molar-refractivity contribution in [2.75, 3.05) is 26.7 Å². The van der Waals surface area contributed by atoms with Crippen molar-refractivity contribution >= 4 is 23.4 Å². The Balaban J connectivity index is 1.71. The first-order valence-electron chi connectivity index (χ1n) is 7.89. The Kier molecular flexibility index (Phi) is 4.29. The zero-order valence-electron chi connectivity index (χ0n) is 13.2. The SMILES string of the molecule is CN1CCCC12CCN(C(=O)c1ncc(C(N)=O)cc1Cl)CC2. The summed E-state index contributed by atoms with van der Waals surface area (Å²) in [7, 11) is 2.17. The van der Waals surface area contributed by atoms with Crippen molar-refractivity contribution in [3.8, 4) is 0 Å². The van der Waals surface area contributed by atoms with Crippen LogP contribution in [0.25, 0.3) is 0 Å². The molecule has 0 radical (unpaired) electrons. The van der Waals surface area contributed by atoms with Gasteiger partial charge in [0.25, 0.3) is 5.91 Å². The Morgan fingerprint density at radius 3 is 2.48 bits per heavy atom. The second kappa shape index (κ2) is 6.09. The highest BCUT2D eigenvalue weighted by Crippen LogP contribution is 2.37. The highest BCUT2D eigenvalue weighted by atomic mass is 35.5. The van der Waals surface area contributed by atoms with Gasteiger partial charge in [0, 0.05) is 24.8 Å². The molecule has 7 heteroatoms. The lowest BCUT2D eigenvalue weighted by Gasteiger charge is -2.43. The quantitative estimate of drug-likeness (QED) is 0.888. The fraction of sp³-hybridized carbons (Fsp3) is 0.562. The molecule has 2 fully saturated rings. The maximum atomic E-state index is 12.6. The lowest BCUT2D eigenvalue weighted by molar-refractivity contribution is 0.0487. The smallest absolute Gasteiger partial charge is 0.273 e. The minimum absolute atomic E-state index is 0.171. The monoisotopic (exact) mass is 336 g/mol. The van der Waals surface area contributed by atoms with Crippen LogP contribution in [-0.4, -0.2) is 58.8 Å². The normalized spacial score (nSPS) is 20.9. The van der Waals surface area contributed by atoms with Gasteiger partial charge in [-0.2, -0.15) is 0 Å². The second-order valence-corrected chi connectivity index (χ2v) is 6.87. The molecule has 0 aromatic carbocycles. The molecule has 2 amide bonds. The van der Waals surface area contributed by atoms with E-state index >= 15 is 0 Å². The van der Waals surface area contributed by atoms with E-state index in [9.17, 15) is 9.59 Å². The van der Waals surface area contributed by atoms with Gasteiger partial charge in [-0.05, 0) is 45.3 Å². The van der Waals surface area contributed by atoms with Gasteiger partial charge in [-0.3, -0.25) is 9.59 Å². The summed E-state index contributed by atoms with van der Waals surface area (Å²) in [5, 5.41) is 0.171. The van der Waals surface area contributed by atoms with Gasteiger partial charge in [0.1, 0.15) is 5.69 Å². The summed E-state index contributed by atoms with van der Waals surface area (Å²) in [6, 6.07) is 1.40. The molecule has 0 atom stereocenters. The molecule has 6 nitrogen and oxygen atoms in total. The van der Waals surface area contributed by atoms with Crippen molar-refractivity contribution < 1.29 is 9.59 Å². The summed E-state index contributed by atoms with van der Waals surface area (Å²) in [5.74, 6) is -0.788. The number of nitrogens with zero attached hydrogens (tertiary/aromatic N) is 3. The standard InChI is InChI=1S/C16H21ClN4O2/c1-20-6-2-3-16(20)4-7-21(8-5-16)15(23)13-12(17)9-11(10-19-13)14(18)22/h9-10H,2-8H2,1H3,(H2,18,22). The number of piperidine rings is 1. The van der Waals surface area contributed by atoms with Crippen LogP contribution in [0, 0.1) is 0 Å². The molecule has 1 aromatic heterocycles. The number of primary amides is 1. The molecule has 124 valence electrons. The van der Waals surface area contributed by atoms with Gasteiger partial charge in [-0.25, -0.2) is 4.98 Å². The van der Waals surface area contributed by atoms with Crippen LogP contribution < -0.4 is 5.73 Å². The number of halogens is 1. The maximum Gasteiger partial charge on any atom is 0.273 e. The number of nitrogens with two attached hydrogens (primary N) is 1. The molecule has 3 rings (SSSR count). The van der Waals surface area contributed by atoms with Crippen LogP contribution in [0.2, 0.25) is 5.02 Å². The van der Waals surface area contributed by atoms with Gasteiger partial charge >= 0.3 is 0 Å². The van der Waals surface area contributed by atoms with Crippen LogP contribution in [0.4, 0.5) is 0 Å². The molecule has 3 heterocycles. The predicted octanol–water partition coefficient (Wildman–Crippen LogP) is 1.53. The topological polar surface area (TPSA) is 79.5 Å².